The van der Waals surface area contributed by atoms with E-state index in [4.69, 9.17) is 0 Å². The van der Waals surface area contributed by atoms with Crippen molar-refractivity contribution in [2.75, 3.05) is 25.0 Å². The van der Waals surface area contributed by atoms with Crippen LogP contribution in [0.15, 0.2) is 18.3 Å². The molecule has 2 fully saturated rings. The van der Waals surface area contributed by atoms with E-state index in [2.05, 4.69) is 45.4 Å². The van der Waals surface area contributed by atoms with Gasteiger partial charge < -0.3 is 10.2 Å². The molecule has 1 saturated carbocycles. The molecule has 152 valence electrons. The minimum atomic E-state index is 0.533. The van der Waals surface area contributed by atoms with E-state index in [1.54, 1.807) is 0 Å². The Balaban J connectivity index is 1.29. The molecule has 4 atom stereocenters. The molecule has 1 aliphatic heterocycles. The van der Waals surface area contributed by atoms with E-state index in [1.807, 2.05) is 30.9 Å². The van der Waals surface area contributed by atoms with Crippen molar-refractivity contribution in [3.05, 3.63) is 24.0 Å². The summed E-state index contributed by atoms with van der Waals surface area (Å²) in [5.74, 6) is 3.41. The van der Waals surface area contributed by atoms with Crippen LogP contribution in [0.4, 0.5) is 5.82 Å². The van der Waals surface area contributed by atoms with Crippen LogP contribution >= 0.6 is 0 Å². The van der Waals surface area contributed by atoms with E-state index in [0.29, 0.717) is 6.04 Å². The van der Waals surface area contributed by atoms with E-state index in [0.717, 1.165) is 40.5 Å². The minimum absolute atomic E-state index is 0.533. The lowest BCUT2D eigenvalue weighted by Crippen LogP contribution is -2.29. The quantitative estimate of drug-likeness (QED) is 0.790. The highest BCUT2D eigenvalue weighted by molar-refractivity contribution is 5.61. The Morgan fingerprint density at radius 1 is 1.18 bits per heavy atom. The molecule has 6 heteroatoms. The van der Waals surface area contributed by atoms with Crippen molar-refractivity contribution in [1.82, 2.24) is 24.9 Å². The molecule has 0 amide bonds. The maximum absolute atomic E-state index is 4.43. The largest absolute Gasteiger partial charge is 0.366 e. The molecule has 2 aliphatic rings. The van der Waals surface area contributed by atoms with Gasteiger partial charge in [0, 0.05) is 44.5 Å². The van der Waals surface area contributed by atoms with Gasteiger partial charge in [0.25, 0.3) is 0 Å². The minimum Gasteiger partial charge on any atom is -0.366 e. The average molecular weight is 383 g/mol. The standard InChI is InChI=1S/C22H34N6/c1-5-6-15(2)11-28-12-17-9-19(10-18(17)13-28)23-22-8-7-21(24-25-22)20-14-27(4)26-16(20)3/h7-8,14-15,17-19H,5-6,9-13H2,1-4H3,(H,23,25)/t15?,17-,18+,19-. The molecule has 1 saturated heterocycles. The lowest BCUT2D eigenvalue weighted by molar-refractivity contribution is 0.259. The third kappa shape index (κ3) is 4.22. The second-order valence-corrected chi connectivity index (χ2v) is 9.05. The fraction of sp³-hybridized carbons (Fsp3) is 0.682. The fourth-order valence-corrected chi connectivity index (χ4v) is 5.30. The molecule has 3 heterocycles. The van der Waals surface area contributed by atoms with Crippen LogP contribution in [0.25, 0.3) is 11.3 Å². The van der Waals surface area contributed by atoms with E-state index in [-0.39, 0.29) is 0 Å². The smallest absolute Gasteiger partial charge is 0.148 e. The molecule has 1 aliphatic carbocycles. The summed E-state index contributed by atoms with van der Waals surface area (Å²) >= 11 is 0. The molecule has 0 bridgehead atoms. The molecule has 1 N–H and O–H groups in total. The van der Waals surface area contributed by atoms with Gasteiger partial charge in [-0.3, -0.25) is 4.68 Å². The predicted octanol–water partition coefficient (Wildman–Crippen LogP) is 3.74. The van der Waals surface area contributed by atoms with E-state index in [1.165, 1.54) is 45.3 Å². The zero-order chi connectivity index (χ0) is 19.7. The van der Waals surface area contributed by atoms with Crippen molar-refractivity contribution in [3.63, 3.8) is 0 Å². The molecule has 0 radical (unpaired) electrons. The molecule has 2 aromatic heterocycles. The van der Waals surface area contributed by atoms with Gasteiger partial charge in [0.2, 0.25) is 0 Å². The third-order valence-corrected chi connectivity index (χ3v) is 6.48. The number of hydrogen-bond donors (Lipinski definition) is 1. The maximum Gasteiger partial charge on any atom is 0.148 e. The van der Waals surface area contributed by atoms with Gasteiger partial charge in [0.15, 0.2) is 0 Å². The van der Waals surface area contributed by atoms with Crippen LogP contribution in [0, 0.1) is 24.7 Å². The highest BCUT2D eigenvalue weighted by atomic mass is 15.3. The molecular formula is C22H34N6. The number of fused-ring (bicyclic) bond motifs is 1. The summed E-state index contributed by atoms with van der Waals surface area (Å²) in [6.45, 7) is 10.5. The molecule has 4 rings (SSSR count). The van der Waals surface area contributed by atoms with Gasteiger partial charge in [-0.05, 0) is 56.1 Å². The summed E-state index contributed by atoms with van der Waals surface area (Å²) < 4.78 is 1.82. The summed E-state index contributed by atoms with van der Waals surface area (Å²) in [4.78, 5) is 2.71. The Bertz CT molecular complexity index is 769. The van der Waals surface area contributed by atoms with Crippen molar-refractivity contribution < 1.29 is 0 Å². The van der Waals surface area contributed by atoms with Gasteiger partial charge in [-0.25, -0.2) is 0 Å². The van der Waals surface area contributed by atoms with Gasteiger partial charge in [-0.15, -0.1) is 10.2 Å². The normalized spacial score (nSPS) is 25.8. The average Bonchev–Trinajstić information content (AvgIpc) is 3.28. The molecule has 0 aromatic carbocycles. The summed E-state index contributed by atoms with van der Waals surface area (Å²) in [6, 6.07) is 4.64. The van der Waals surface area contributed by atoms with Gasteiger partial charge in [-0.1, -0.05) is 20.3 Å². The second-order valence-electron chi connectivity index (χ2n) is 9.05. The van der Waals surface area contributed by atoms with Crippen LogP contribution in [0.3, 0.4) is 0 Å². The first-order valence-electron chi connectivity index (χ1n) is 10.8. The first-order valence-corrected chi connectivity index (χ1v) is 10.8. The zero-order valence-corrected chi connectivity index (χ0v) is 17.7. The first kappa shape index (κ1) is 19.4. The number of nitrogens with zero attached hydrogens (tertiary/aromatic N) is 5. The van der Waals surface area contributed by atoms with Gasteiger partial charge in [-0.2, -0.15) is 5.10 Å². The van der Waals surface area contributed by atoms with Crippen LogP contribution in [0.1, 0.15) is 45.2 Å². The molecule has 1 unspecified atom stereocenters. The lowest BCUT2D eigenvalue weighted by atomic mass is 10.0. The second kappa shape index (κ2) is 8.19. The SMILES string of the molecule is CCCC(C)CN1C[C@H]2C[C@@H](Nc3ccc(-c4cn(C)nc4C)nn3)C[C@H]2C1. The molecule has 6 nitrogen and oxygen atoms in total. The Kier molecular flexibility index (Phi) is 5.67. The number of aromatic nitrogens is 4. The van der Waals surface area contributed by atoms with Crippen molar-refractivity contribution in [1.29, 1.82) is 0 Å². The highest BCUT2D eigenvalue weighted by Crippen LogP contribution is 2.39. The van der Waals surface area contributed by atoms with Gasteiger partial charge in [0.1, 0.15) is 5.82 Å². The van der Waals surface area contributed by atoms with Crippen molar-refractivity contribution >= 4 is 5.82 Å². The maximum atomic E-state index is 4.43. The van der Waals surface area contributed by atoms with Crippen LogP contribution in [0.2, 0.25) is 0 Å². The van der Waals surface area contributed by atoms with E-state index < -0.39 is 0 Å². The Morgan fingerprint density at radius 2 is 1.93 bits per heavy atom. The Labute approximate surface area is 168 Å². The molecular weight excluding hydrogens is 348 g/mol. The molecule has 28 heavy (non-hydrogen) atoms. The van der Waals surface area contributed by atoms with E-state index >= 15 is 0 Å². The number of nitrogens with one attached hydrogen (secondary N) is 1. The summed E-state index contributed by atoms with van der Waals surface area (Å²) in [6.07, 6.45) is 7.16. The van der Waals surface area contributed by atoms with Crippen molar-refractivity contribution in [3.8, 4) is 11.3 Å². The molecule has 0 spiro atoms. The van der Waals surface area contributed by atoms with Crippen LogP contribution in [-0.4, -0.2) is 50.6 Å². The zero-order valence-electron chi connectivity index (χ0n) is 17.7. The van der Waals surface area contributed by atoms with Crippen LogP contribution in [-0.2, 0) is 7.05 Å². The number of hydrogen-bond acceptors (Lipinski definition) is 5. The topological polar surface area (TPSA) is 58.9 Å². The van der Waals surface area contributed by atoms with Crippen molar-refractivity contribution in [2.24, 2.45) is 24.8 Å². The Morgan fingerprint density at radius 3 is 2.50 bits per heavy atom. The lowest BCUT2D eigenvalue weighted by Gasteiger charge is -2.22. The number of likely N-dealkylation sites (tertiary alicyclic amines) is 1. The number of anilines is 1. The summed E-state index contributed by atoms with van der Waals surface area (Å²) in [7, 11) is 1.93. The Hall–Kier alpha value is -1.95. The predicted molar refractivity (Wildman–Crippen MR) is 113 cm³/mol. The van der Waals surface area contributed by atoms with Crippen LogP contribution < -0.4 is 5.32 Å². The fourth-order valence-electron chi connectivity index (χ4n) is 5.30. The van der Waals surface area contributed by atoms with Crippen LogP contribution in [0.5, 0.6) is 0 Å². The van der Waals surface area contributed by atoms with Gasteiger partial charge >= 0.3 is 0 Å². The summed E-state index contributed by atoms with van der Waals surface area (Å²) in [5.41, 5.74) is 2.92. The number of aryl methyl sites for hydroxylation is 2. The highest BCUT2D eigenvalue weighted by Gasteiger charge is 2.40. The molecule has 2 aromatic rings. The first-order chi connectivity index (χ1) is 13.5. The number of rotatable bonds is 7. The monoisotopic (exact) mass is 382 g/mol. The van der Waals surface area contributed by atoms with E-state index in [9.17, 15) is 0 Å². The third-order valence-electron chi connectivity index (χ3n) is 6.48. The van der Waals surface area contributed by atoms with Crippen molar-refractivity contribution in [2.45, 2.75) is 52.5 Å². The summed E-state index contributed by atoms with van der Waals surface area (Å²) in [5, 5.41) is 16.9. The van der Waals surface area contributed by atoms with Gasteiger partial charge in [0.05, 0.1) is 11.4 Å².